The van der Waals surface area contributed by atoms with Gasteiger partial charge in [0.25, 0.3) is 0 Å². The van der Waals surface area contributed by atoms with Crippen LogP contribution < -0.4 is 5.32 Å². The first-order valence-electron chi connectivity index (χ1n) is 4.40. The number of amides is 1. The molecule has 12 heavy (non-hydrogen) atoms. The predicted octanol–water partition coefficient (Wildman–Crippen LogP) is 1.20. The number of nitriles is 1. The van der Waals surface area contributed by atoms with E-state index in [9.17, 15) is 4.79 Å². The fraction of sp³-hybridized carbons (Fsp3) is 0.778. The molecule has 0 radical (unpaired) electrons. The van der Waals surface area contributed by atoms with Crippen LogP contribution in [0.2, 0.25) is 0 Å². The van der Waals surface area contributed by atoms with Crippen molar-refractivity contribution >= 4 is 5.91 Å². The highest BCUT2D eigenvalue weighted by molar-refractivity contribution is 5.78. The molecule has 1 unspecified atom stereocenters. The second kappa shape index (κ2) is 4.10. The summed E-state index contributed by atoms with van der Waals surface area (Å²) in [6.07, 6.45) is 3.70. The van der Waals surface area contributed by atoms with Crippen LogP contribution >= 0.6 is 0 Å². The highest BCUT2D eigenvalue weighted by Crippen LogP contribution is 2.29. The van der Waals surface area contributed by atoms with Gasteiger partial charge in [0.15, 0.2) is 0 Å². The Labute approximate surface area is 72.8 Å². The van der Waals surface area contributed by atoms with E-state index in [0.29, 0.717) is 5.92 Å². The number of nitrogens with zero attached hydrogens (tertiary/aromatic N) is 1. The van der Waals surface area contributed by atoms with Crippen LogP contribution in [0.15, 0.2) is 0 Å². The summed E-state index contributed by atoms with van der Waals surface area (Å²) in [6.45, 7) is 2.01. The summed E-state index contributed by atoms with van der Waals surface area (Å²) in [5.41, 5.74) is 0. The summed E-state index contributed by atoms with van der Waals surface area (Å²) in [7, 11) is 0. The van der Waals surface area contributed by atoms with Gasteiger partial charge in [-0.3, -0.25) is 4.79 Å². The molecule has 0 aromatic carbocycles. The Bertz CT molecular complexity index is 203. The molecular weight excluding hydrogens is 152 g/mol. The van der Waals surface area contributed by atoms with Crippen molar-refractivity contribution in [1.82, 2.24) is 5.32 Å². The summed E-state index contributed by atoms with van der Waals surface area (Å²) in [6, 6.07) is 2.09. The monoisotopic (exact) mass is 166 g/mol. The maximum Gasteiger partial charge on any atom is 0.234 e. The molecular formula is C9H14N2O. The molecule has 1 atom stereocenters. The Balaban J connectivity index is 2.21. The molecule has 3 heteroatoms. The van der Waals surface area contributed by atoms with Gasteiger partial charge in [0.2, 0.25) is 5.91 Å². The molecule has 1 fully saturated rings. The van der Waals surface area contributed by atoms with Crippen molar-refractivity contribution in [2.45, 2.75) is 38.6 Å². The summed E-state index contributed by atoms with van der Waals surface area (Å²) in [4.78, 5) is 11.0. The lowest BCUT2D eigenvalue weighted by Crippen LogP contribution is -2.40. The Hall–Kier alpha value is -1.04. The van der Waals surface area contributed by atoms with Crippen LogP contribution in [-0.2, 0) is 4.79 Å². The number of hydrogen-bond donors (Lipinski definition) is 1. The van der Waals surface area contributed by atoms with Gasteiger partial charge in [-0.1, -0.05) is 6.42 Å². The first kappa shape index (κ1) is 9.05. The molecule has 0 aromatic rings. The summed E-state index contributed by atoms with van der Waals surface area (Å²) >= 11 is 0. The third-order valence-corrected chi connectivity index (χ3v) is 2.49. The molecule has 0 spiro atoms. The van der Waals surface area contributed by atoms with Crippen LogP contribution in [0.25, 0.3) is 0 Å². The molecule has 1 N–H and O–H groups in total. The summed E-state index contributed by atoms with van der Waals surface area (Å²) in [5.74, 6) is 0.504. The van der Waals surface area contributed by atoms with E-state index < -0.39 is 0 Å². The van der Waals surface area contributed by atoms with E-state index in [1.54, 1.807) is 0 Å². The molecule has 1 amide bonds. The van der Waals surface area contributed by atoms with E-state index in [0.717, 1.165) is 0 Å². The number of nitrogens with one attached hydrogen (secondary N) is 1. The lowest BCUT2D eigenvalue weighted by molar-refractivity contribution is -0.121. The Kier molecular flexibility index (Phi) is 3.09. The lowest BCUT2D eigenvalue weighted by Gasteiger charge is -2.31. The van der Waals surface area contributed by atoms with Crippen molar-refractivity contribution in [3.63, 3.8) is 0 Å². The maximum absolute atomic E-state index is 11.0. The second-order valence-electron chi connectivity index (χ2n) is 3.38. The van der Waals surface area contributed by atoms with E-state index in [1.165, 1.54) is 19.3 Å². The predicted molar refractivity (Wildman–Crippen MR) is 45.2 cm³/mol. The highest BCUT2D eigenvalue weighted by atomic mass is 16.1. The molecule has 3 nitrogen and oxygen atoms in total. The first-order chi connectivity index (χ1) is 5.74. The van der Waals surface area contributed by atoms with Gasteiger partial charge < -0.3 is 5.32 Å². The van der Waals surface area contributed by atoms with E-state index in [1.807, 2.05) is 13.0 Å². The fourth-order valence-electron chi connectivity index (χ4n) is 1.43. The van der Waals surface area contributed by atoms with Gasteiger partial charge in [0.05, 0.1) is 6.07 Å². The smallest absolute Gasteiger partial charge is 0.234 e. The maximum atomic E-state index is 11.0. The number of hydrogen-bond acceptors (Lipinski definition) is 2. The van der Waals surface area contributed by atoms with Crippen LogP contribution in [0.3, 0.4) is 0 Å². The zero-order valence-corrected chi connectivity index (χ0v) is 7.34. The Morgan fingerprint density at radius 2 is 2.42 bits per heavy atom. The van der Waals surface area contributed by atoms with Crippen molar-refractivity contribution in [3.05, 3.63) is 0 Å². The lowest BCUT2D eigenvalue weighted by atomic mass is 9.80. The minimum absolute atomic E-state index is 0.0168. The van der Waals surface area contributed by atoms with Crippen molar-refractivity contribution in [1.29, 1.82) is 5.26 Å². The fourth-order valence-corrected chi connectivity index (χ4v) is 1.43. The van der Waals surface area contributed by atoms with E-state index in [2.05, 4.69) is 5.32 Å². The third-order valence-electron chi connectivity index (χ3n) is 2.49. The average Bonchev–Trinajstić information content (AvgIpc) is 1.82. The highest BCUT2D eigenvalue weighted by Gasteiger charge is 2.24. The molecule has 1 aliphatic rings. The standard InChI is InChI=1S/C9H14N2O/c1-7(8-3-2-4-8)11-9(12)5-6-10/h7-8H,2-5H2,1H3,(H,11,12). The molecule has 66 valence electrons. The molecule has 0 saturated heterocycles. The molecule has 0 aliphatic heterocycles. The van der Waals surface area contributed by atoms with Gasteiger partial charge >= 0.3 is 0 Å². The Morgan fingerprint density at radius 3 is 2.83 bits per heavy atom. The molecule has 0 heterocycles. The second-order valence-corrected chi connectivity index (χ2v) is 3.38. The topological polar surface area (TPSA) is 52.9 Å². The van der Waals surface area contributed by atoms with Crippen LogP contribution in [-0.4, -0.2) is 11.9 Å². The molecule has 1 rings (SSSR count). The van der Waals surface area contributed by atoms with E-state index in [4.69, 9.17) is 5.26 Å². The quantitative estimate of drug-likeness (QED) is 0.685. The van der Waals surface area contributed by atoms with Gasteiger partial charge in [0.1, 0.15) is 6.42 Å². The zero-order chi connectivity index (χ0) is 8.97. The summed E-state index contributed by atoms with van der Waals surface area (Å²) in [5, 5.41) is 11.1. The first-order valence-corrected chi connectivity index (χ1v) is 4.40. The van der Waals surface area contributed by atoms with Crippen molar-refractivity contribution < 1.29 is 4.79 Å². The van der Waals surface area contributed by atoms with E-state index in [-0.39, 0.29) is 18.4 Å². The Morgan fingerprint density at radius 1 is 1.75 bits per heavy atom. The average molecular weight is 166 g/mol. The van der Waals surface area contributed by atoms with Crippen molar-refractivity contribution in [2.24, 2.45) is 5.92 Å². The van der Waals surface area contributed by atoms with Gasteiger partial charge in [-0.2, -0.15) is 5.26 Å². The van der Waals surface area contributed by atoms with Gasteiger partial charge in [0, 0.05) is 6.04 Å². The number of carbonyl (C=O) groups excluding carboxylic acids is 1. The van der Waals surface area contributed by atoms with Crippen molar-refractivity contribution in [3.8, 4) is 6.07 Å². The van der Waals surface area contributed by atoms with Crippen LogP contribution in [0, 0.1) is 17.2 Å². The molecule has 1 saturated carbocycles. The number of rotatable bonds is 3. The number of carbonyl (C=O) groups is 1. The largest absolute Gasteiger partial charge is 0.352 e. The zero-order valence-electron chi connectivity index (χ0n) is 7.34. The van der Waals surface area contributed by atoms with Crippen molar-refractivity contribution in [2.75, 3.05) is 0 Å². The van der Waals surface area contributed by atoms with Gasteiger partial charge in [-0.25, -0.2) is 0 Å². The van der Waals surface area contributed by atoms with Crippen LogP contribution in [0.4, 0.5) is 0 Å². The van der Waals surface area contributed by atoms with Gasteiger partial charge in [-0.05, 0) is 25.7 Å². The minimum atomic E-state index is -0.142. The van der Waals surface area contributed by atoms with E-state index >= 15 is 0 Å². The SMILES string of the molecule is CC(NC(=O)CC#N)C1CCC1. The normalized spacial score (nSPS) is 19.0. The van der Waals surface area contributed by atoms with Crippen LogP contribution in [0.1, 0.15) is 32.6 Å². The molecule has 1 aliphatic carbocycles. The molecule has 0 bridgehead atoms. The van der Waals surface area contributed by atoms with Crippen LogP contribution in [0.5, 0.6) is 0 Å². The third kappa shape index (κ3) is 2.23. The van der Waals surface area contributed by atoms with Gasteiger partial charge in [-0.15, -0.1) is 0 Å². The summed E-state index contributed by atoms with van der Waals surface area (Å²) < 4.78 is 0. The molecule has 0 aromatic heterocycles. The minimum Gasteiger partial charge on any atom is -0.352 e.